The molecule has 4 nitrogen and oxygen atoms in total. The topological polar surface area (TPSA) is 55.8 Å². The fraction of sp³-hybridized carbons (Fsp3) is 0.0385. The molecule has 4 aromatic rings. The maximum absolute atomic E-state index is 13.5. The lowest BCUT2D eigenvalue weighted by atomic mass is 9.99. The van der Waals surface area contributed by atoms with Gasteiger partial charge in [0.1, 0.15) is 23.1 Å². The monoisotopic (exact) mass is 414 g/mol. The van der Waals surface area contributed by atoms with Gasteiger partial charge in [-0.1, -0.05) is 36.9 Å². The van der Waals surface area contributed by atoms with E-state index in [1.54, 1.807) is 43.5 Å². The van der Waals surface area contributed by atoms with Crippen molar-refractivity contribution in [2.75, 3.05) is 7.11 Å². The number of carbonyl (C=O) groups is 1. The fourth-order valence-corrected chi connectivity index (χ4v) is 3.34. The summed E-state index contributed by atoms with van der Waals surface area (Å²) in [5.74, 6) is 0.482. The largest absolute Gasteiger partial charge is 0.497 e. The molecule has 0 aliphatic heterocycles. The van der Waals surface area contributed by atoms with Gasteiger partial charge in [0.15, 0.2) is 0 Å². The zero-order valence-corrected chi connectivity index (χ0v) is 16.8. The third kappa shape index (κ3) is 4.12. The summed E-state index contributed by atoms with van der Waals surface area (Å²) in [5.41, 5.74) is 2.12. The summed E-state index contributed by atoms with van der Waals surface area (Å²) in [6.45, 7) is 3.57. The van der Waals surface area contributed by atoms with Crippen molar-refractivity contribution in [1.82, 2.24) is 0 Å². The molecule has 0 heterocycles. The van der Waals surface area contributed by atoms with Crippen LogP contribution in [0.4, 0.5) is 4.39 Å². The molecule has 31 heavy (non-hydrogen) atoms. The van der Waals surface area contributed by atoms with Crippen LogP contribution in [0.15, 0.2) is 85.4 Å². The Labute approximate surface area is 178 Å². The van der Waals surface area contributed by atoms with Gasteiger partial charge in [-0.15, -0.1) is 0 Å². The van der Waals surface area contributed by atoms with Crippen LogP contribution in [0, 0.1) is 5.82 Å². The lowest BCUT2D eigenvalue weighted by Gasteiger charge is -2.16. The first-order valence-electron chi connectivity index (χ1n) is 9.53. The van der Waals surface area contributed by atoms with E-state index in [1.807, 2.05) is 30.3 Å². The Morgan fingerprint density at radius 3 is 2.23 bits per heavy atom. The summed E-state index contributed by atoms with van der Waals surface area (Å²) in [6, 6.07) is 22.5. The molecular weight excluding hydrogens is 395 g/mol. The summed E-state index contributed by atoms with van der Waals surface area (Å²) in [5, 5.41) is 10.9. The Bertz CT molecular complexity index is 1280. The number of hydrogen-bond donors (Lipinski definition) is 1. The Hall–Kier alpha value is -4.12. The van der Waals surface area contributed by atoms with Gasteiger partial charge >= 0.3 is 5.97 Å². The van der Waals surface area contributed by atoms with Crippen LogP contribution in [-0.4, -0.2) is 18.2 Å². The van der Waals surface area contributed by atoms with Crippen LogP contribution in [0.25, 0.3) is 27.5 Å². The van der Waals surface area contributed by atoms with Gasteiger partial charge in [-0.3, -0.25) is 0 Å². The Balaban J connectivity index is 1.81. The number of methoxy groups -OCH3 is 1. The quantitative estimate of drug-likeness (QED) is 0.364. The van der Waals surface area contributed by atoms with Crippen molar-refractivity contribution in [3.63, 3.8) is 0 Å². The number of benzene rings is 4. The molecule has 0 radical (unpaired) electrons. The van der Waals surface area contributed by atoms with Gasteiger partial charge in [-0.05, 0) is 65.0 Å². The molecule has 0 unspecified atom stereocenters. The highest BCUT2D eigenvalue weighted by molar-refractivity contribution is 6.14. The van der Waals surface area contributed by atoms with E-state index in [1.165, 1.54) is 12.1 Å². The second-order valence-corrected chi connectivity index (χ2v) is 6.95. The number of carboxylic acid groups (broad SMARTS) is 1. The molecular formula is C26H19FO4. The lowest BCUT2D eigenvalue weighted by Crippen LogP contribution is -1.97. The van der Waals surface area contributed by atoms with E-state index in [-0.39, 0.29) is 11.4 Å². The number of fused-ring (bicyclic) bond motifs is 1. The number of rotatable bonds is 6. The minimum Gasteiger partial charge on any atom is -0.497 e. The Kier molecular flexibility index (Phi) is 5.41. The highest BCUT2D eigenvalue weighted by atomic mass is 19.1. The van der Waals surface area contributed by atoms with E-state index in [4.69, 9.17) is 14.6 Å². The standard InChI is InChI=1S/C26H19FO4/c1-16(26(28)29)17-5-10-21(11-6-17)31-25-23(18-3-8-20(27)9-4-18)13-7-19-15-22(30-2)12-14-24(19)25/h3-15H,1H2,2H3,(H,28,29). The number of ether oxygens (including phenoxy) is 2. The smallest absolute Gasteiger partial charge is 0.335 e. The molecule has 1 N–H and O–H groups in total. The van der Waals surface area contributed by atoms with E-state index >= 15 is 0 Å². The van der Waals surface area contributed by atoms with Crippen LogP contribution in [0.2, 0.25) is 0 Å². The third-order valence-corrected chi connectivity index (χ3v) is 5.01. The average molecular weight is 414 g/mol. The zero-order valence-electron chi connectivity index (χ0n) is 16.8. The number of hydrogen-bond acceptors (Lipinski definition) is 3. The molecule has 0 spiro atoms. The molecule has 0 saturated carbocycles. The summed E-state index contributed by atoms with van der Waals surface area (Å²) in [6.07, 6.45) is 0. The molecule has 5 heteroatoms. The van der Waals surface area contributed by atoms with Crippen molar-refractivity contribution in [2.24, 2.45) is 0 Å². The molecule has 4 aromatic carbocycles. The molecule has 0 atom stereocenters. The second kappa shape index (κ2) is 8.32. The highest BCUT2D eigenvalue weighted by Gasteiger charge is 2.14. The number of carboxylic acids is 1. The van der Waals surface area contributed by atoms with Crippen LogP contribution in [-0.2, 0) is 4.79 Å². The van der Waals surface area contributed by atoms with Gasteiger partial charge < -0.3 is 14.6 Å². The summed E-state index contributed by atoms with van der Waals surface area (Å²) >= 11 is 0. The van der Waals surface area contributed by atoms with E-state index in [0.29, 0.717) is 17.1 Å². The predicted molar refractivity (Wildman–Crippen MR) is 119 cm³/mol. The van der Waals surface area contributed by atoms with Crippen molar-refractivity contribution in [1.29, 1.82) is 0 Å². The zero-order chi connectivity index (χ0) is 22.0. The van der Waals surface area contributed by atoms with Gasteiger partial charge in [0, 0.05) is 10.9 Å². The van der Waals surface area contributed by atoms with Crippen molar-refractivity contribution < 1.29 is 23.8 Å². The predicted octanol–water partition coefficient (Wildman–Crippen LogP) is 6.54. The Morgan fingerprint density at radius 1 is 0.903 bits per heavy atom. The van der Waals surface area contributed by atoms with Crippen LogP contribution in [0.1, 0.15) is 5.56 Å². The van der Waals surface area contributed by atoms with Crippen LogP contribution >= 0.6 is 0 Å². The minimum atomic E-state index is -1.07. The molecule has 0 aliphatic carbocycles. The highest BCUT2D eigenvalue weighted by Crippen LogP contribution is 2.40. The molecule has 0 aliphatic rings. The molecule has 0 aromatic heterocycles. The third-order valence-electron chi connectivity index (χ3n) is 5.01. The van der Waals surface area contributed by atoms with Crippen molar-refractivity contribution in [3.8, 4) is 28.4 Å². The molecule has 4 rings (SSSR count). The van der Waals surface area contributed by atoms with Crippen molar-refractivity contribution in [2.45, 2.75) is 0 Å². The number of halogens is 1. The van der Waals surface area contributed by atoms with E-state index in [2.05, 4.69) is 6.58 Å². The van der Waals surface area contributed by atoms with E-state index < -0.39 is 5.97 Å². The van der Waals surface area contributed by atoms with Crippen LogP contribution in [0.3, 0.4) is 0 Å². The first kappa shape index (κ1) is 20.2. The fourth-order valence-electron chi connectivity index (χ4n) is 3.34. The normalized spacial score (nSPS) is 10.6. The van der Waals surface area contributed by atoms with Gasteiger partial charge in [0.2, 0.25) is 0 Å². The van der Waals surface area contributed by atoms with Crippen molar-refractivity contribution >= 4 is 22.3 Å². The average Bonchev–Trinajstić information content (AvgIpc) is 2.79. The summed E-state index contributed by atoms with van der Waals surface area (Å²) in [7, 11) is 1.61. The maximum atomic E-state index is 13.5. The SMILES string of the molecule is C=C(C(=O)O)c1ccc(Oc2c(-c3ccc(F)cc3)ccc3cc(OC)ccc23)cc1. The van der Waals surface area contributed by atoms with Crippen LogP contribution < -0.4 is 9.47 Å². The molecule has 0 amide bonds. The van der Waals surface area contributed by atoms with Gasteiger partial charge in [0.05, 0.1) is 12.7 Å². The molecule has 154 valence electrons. The van der Waals surface area contributed by atoms with E-state index in [0.717, 1.165) is 27.6 Å². The van der Waals surface area contributed by atoms with E-state index in [9.17, 15) is 9.18 Å². The molecule has 0 saturated heterocycles. The lowest BCUT2D eigenvalue weighted by molar-refractivity contribution is -0.130. The first-order valence-corrected chi connectivity index (χ1v) is 9.53. The second-order valence-electron chi connectivity index (χ2n) is 6.95. The van der Waals surface area contributed by atoms with Gasteiger partial charge in [-0.2, -0.15) is 0 Å². The summed E-state index contributed by atoms with van der Waals surface area (Å²) in [4.78, 5) is 11.1. The van der Waals surface area contributed by atoms with Crippen LogP contribution in [0.5, 0.6) is 17.2 Å². The summed E-state index contributed by atoms with van der Waals surface area (Å²) < 4.78 is 25.0. The number of aliphatic carboxylic acids is 1. The van der Waals surface area contributed by atoms with Gasteiger partial charge in [-0.25, -0.2) is 9.18 Å². The Morgan fingerprint density at radius 2 is 1.58 bits per heavy atom. The molecule has 0 fully saturated rings. The maximum Gasteiger partial charge on any atom is 0.335 e. The molecule has 0 bridgehead atoms. The first-order chi connectivity index (χ1) is 15.0. The van der Waals surface area contributed by atoms with Crippen molar-refractivity contribution in [3.05, 3.63) is 96.8 Å². The minimum absolute atomic E-state index is 0.0100. The van der Waals surface area contributed by atoms with Gasteiger partial charge in [0.25, 0.3) is 0 Å².